The Morgan fingerprint density at radius 3 is 2.86 bits per heavy atom. The lowest BCUT2D eigenvalue weighted by Gasteiger charge is -2.16. The van der Waals surface area contributed by atoms with Gasteiger partial charge in [-0.2, -0.15) is 0 Å². The molecule has 1 N–H and O–H groups in total. The van der Waals surface area contributed by atoms with E-state index in [0.717, 1.165) is 11.3 Å². The SMILES string of the molecule is Cc1ccccc1-n1c(SC(C)C(=O)NCc2ccco2)nc2sccc2c1=O. The Morgan fingerprint density at radius 1 is 1.28 bits per heavy atom. The summed E-state index contributed by atoms with van der Waals surface area (Å²) >= 11 is 2.68. The van der Waals surface area contributed by atoms with Gasteiger partial charge in [-0.05, 0) is 49.1 Å². The van der Waals surface area contributed by atoms with Gasteiger partial charge < -0.3 is 9.73 Å². The van der Waals surface area contributed by atoms with E-state index in [1.165, 1.54) is 23.1 Å². The maximum atomic E-state index is 13.2. The second-order valence-electron chi connectivity index (χ2n) is 6.52. The molecule has 1 atom stereocenters. The molecule has 0 radical (unpaired) electrons. The summed E-state index contributed by atoms with van der Waals surface area (Å²) in [5.41, 5.74) is 1.60. The molecule has 0 spiro atoms. The number of carbonyl (C=O) groups is 1. The van der Waals surface area contributed by atoms with Crippen LogP contribution in [0.3, 0.4) is 0 Å². The maximum Gasteiger partial charge on any atom is 0.267 e. The van der Waals surface area contributed by atoms with Crippen LogP contribution in [-0.4, -0.2) is 20.7 Å². The molecule has 0 saturated carbocycles. The fourth-order valence-corrected chi connectivity index (χ4v) is 4.69. The number of benzene rings is 1. The maximum absolute atomic E-state index is 13.2. The highest BCUT2D eigenvalue weighted by Gasteiger charge is 2.21. The number of furan rings is 1. The van der Waals surface area contributed by atoms with Crippen molar-refractivity contribution < 1.29 is 9.21 Å². The first-order chi connectivity index (χ1) is 14.0. The molecule has 4 rings (SSSR count). The molecule has 0 bridgehead atoms. The number of amides is 1. The smallest absolute Gasteiger partial charge is 0.267 e. The van der Waals surface area contributed by atoms with Gasteiger partial charge in [-0.1, -0.05) is 30.0 Å². The van der Waals surface area contributed by atoms with E-state index in [-0.39, 0.29) is 11.5 Å². The lowest BCUT2D eigenvalue weighted by Crippen LogP contribution is -2.31. The van der Waals surface area contributed by atoms with Gasteiger partial charge in [-0.25, -0.2) is 4.98 Å². The highest BCUT2D eigenvalue weighted by molar-refractivity contribution is 8.00. The van der Waals surface area contributed by atoms with Gasteiger partial charge in [0.25, 0.3) is 5.56 Å². The van der Waals surface area contributed by atoms with Crippen molar-refractivity contribution in [3.05, 3.63) is 75.8 Å². The zero-order chi connectivity index (χ0) is 20.4. The highest BCUT2D eigenvalue weighted by Crippen LogP contribution is 2.27. The van der Waals surface area contributed by atoms with Crippen LogP contribution >= 0.6 is 23.1 Å². The summed E-state index contributed by atoms with van der Waals surface area (Å²) in [6.07, 6.45) is 1.57. The third-order valence-corrected chi connectivity index (χ3v) is 6.35. The van der Waals surface area contributed by atoms with Crippen molar-refractivity contribution in [2.75, 3.05) is 0 Å². The van der Waals surface area contributed by atoms with Gasteiger partial charge in [-0.3, -0.25) is 14.2 Å². The minimum atomic E-state index is -0.440. The molecule has 0 saturated heterocycles. The van der Waals surface area contributed by atoms with E-state index in [4.69, 9.17) is 9.40 Å². The van der Waals surface area contributed by atoms with Crippen LogP contribution in [0.1, 0.15) is 18.2 Å². The Morgan fingerprint density at radius 2 is 2.10 bits per heavy atom. The molecule has 8 heteroatoms. The van der Waals surface area contributed by atoms with E-state index in [1.807, 2.05) is 36.6 Å². The fourth-order valence-electron chi connectivity index (χ4n) is 2.94. The van der Waals surface area contributed by atoms with Crippen LogP contribution in [0.15, 0.2) is 68.5 Å². The molecule has 3 aromatic heterocycles. The number of aryl methyl sites for hydroxylation is 1. The molecule has 1 amide bonds. The van der Waals surface area contributed by atoms with Crippen molar-refractivity contribution in [3.63, 3.8) is 0 Å². The average Bonchev–Trinajstić information content (AvgIpc) is 3.39. The summed E-state index contributed by atoms with van der Waals surface area (Å²) in [5, 5.41) is 5.35. The summed E-state index contributed by atoms with van der Waals surface area (Å²) < 4.78 is 6.85. The van der Waals surface area contributed by atoms with Gasteiger partial charge in [0.2, 0.25) is 5.91 Å². The predicted octanol–water partition coefficient (Wildman–Crippen LogP) is 4.15. The highest BCUT2D eigenvalue weighted by atomic mass is 32.2. The normalized spacial score (nSPS) is 12.2. The average molecular weight is 426 g/mol. The summed E-state index contributed by atoms with van der Waals surface area (Å²) in [6, 6.07) is 13.0. The fraction of sp³-hybridized carbons (Fsp3) is 0.190. The number of aromatic nitrogens is 2. The summed E-state index contributed by atoms with van der Waals surface area (Å²) in [4.78, 5) is 31.1. The van der Waals surface area contributed by atoms with Crippen LogP contribution < -0.4 is 10.9 Å². The Labute approximate surface area is 175 Å². The molecule has 0 aliphatic carbocycles. The zero-order valence-electron chi connectivity index (χ0n) is 15.9. The number of fused-ring (bicyclic) bond motifs is 1. The largest absolute Gasteiger partial charge is 0.467 e. The number of nitrogens with one attached hydrogen (secondary N) is 1. The molecule has 3 heterocycles. The number of thiophene rings is 1. The first-order valence-corrected chi connectivity index (χ1v) is 10.8. The van der Waals surface area contributed by atoms with Crippen LogP contribution in [0.2, 0.25) is 0 Å². The second-order valence-corrected chi connectivity index (χ2v) is 8.72. The van der Waals surface area contributed by atoms with Crippen molar-refractivity contribution in [3.8, 4) is 5.69 Å². The van der Waals surface area contributed by atoms with E-state index in [1.54, 1.807) is 36.0 Å². The Kier molecular flexibility index (Phi) is 5.55. The molecule has 6 nitrogen and oxygen atoms in total. The molecule has 1 aromatic carbocycles. The lowest BCUT2D eigenvalue weighted by atomic mass is 10.2. The van der Waals surface area contributed by atoms with Crippen LogP contribution in [0, 0.1) is 6.92 Å². The van der Waals surface area contributed by atoms with Crippen LogP contribution in [-0.2, 0) is 11.3 Å². The monoisotopic (exact) mass is 425 g/mol. The van der Waals surface area contributed by atoms with Gasteiger partial charge in [-0.15, -0.1) is 11.3 Å². The third kappa shape index (κ3) is 3.99. The first kappa shape index (κ1) is 19.5. The number of thioether (sulfide) groups is 1. The second kappa shape index (κ2) is 8.26. The van der Waals surface area contributed by atoms with Crippen molar-refractivity contribution in [1.29, 1.82) is 0 Å². The number of hydrogen-bond donors (Lipinski definition) is 1. The molecular weight excluding hydrogens is 406 g/mol. The zero-order valence-corrected chi connectivity index (χ0v) is 17.5. The summed E-state index contributed by atoms with van der Waals surface area (Å²) in [5.74, 6) is 0.536. The van der Waals surface area contributed by atoms with Gasteiger partial charge in [0, 0.05) is 0 Å². The van der Waals surface area contributed by atoms with E-state index in [2.05, 4.69) is 5.32 Å². The number of nitrogens with zero attached hydrogens (tertiary/aromatic N) is 2. The molecule has 1 unspecified atom stereocenters. The number of hydrogen-bond acceptors (Lipinski definition) is 6. The number of rotatable bonds is 6. The van der Waals surface area contributed by atoms with E-state index in [0.29, 0.717) is 27.7 Å². The third-order valence-electron chi connectivity index (χ3n) is 4.49. The van der Waals surface area contributed by atoms with E-state index in [9.17, 15) is 9.59 Å². The summed E-state index contributed by atoms with van der Waals surface area (Å²) in [7, 11) is 0. The van der Waals surface area contributed by atoms with E-state index < -0.39 is 5.25 Å². The van der Waals surface area contributed by atoms with Crippen LogP contribution in [0.25, 0.3) is 15.9 Å². The van der Waals surface area contributed by atoms with Gasteiger partial charge in [0.05, 0.1) is 29.1 Å². The van der Waals surface area contributed by atoms with Crippen molar-refractivity contribution >= 4 is 39.2 Å². The minimum Gasteiger partial charge on any atom is -0.467 e. The topological polar surface area (TPSA) is 77.1 Å². The summed E-state index contributed by atoms with van der Waals surface area (Å²) in [6.45, 7) is 4.07. The van der Waals surface area contributed by atoms with E-state index >= 15 is 0 Å². The molecule has 148 valence electrons. The number of para-hydroxylation sites is 1. The number of carbonyl (C=O) groups excluding carboxylic acids is 1. The quantitative estimate of drug-likeness (QED) is 0.371. The van der Waals surface area contributed by atoms with Crippen LogP contribution in [0.4, 0.5) is 0 Å². The lowest BCUT2D eigenvalue weighted by molar-refractivity contribution is -0.120. The molecule has 4 aromatic rings. The molecular formula is C21H19N3O3S2. The molecule has 29 heavy (non-hydrogen) atoms. The van der Waals surface area contributed by atoms with Crippen molar-refractivity contribution in [2.45, 2.75) is 30.8 Å². The Bertz CT molecular complexity index is 1210. The van der Waals surface area contributed by atoms with Crippen molar-refractivity contribution in [1.82, 2.24) is 14.9 Å². The first-order valence-electron chi connectivity index (χ1n) is 9.07. The minimum absolute atomic E-state index is 0.128. The van der Waals surface area contributed by atoms with Crippen molar-refractivity contribution in [2.24, 2.45) is 0 Å². The van der Waals surface area contributed by atoms with Gasteiger partial charge in [0.1, 0.15) is 10.6 Å². The Hall–Kier alpha value is -2.84. The molecule has 0 aliphatic heterocycles. The van der Waals surface area contributed by atoms with Gasteiger partial charge in [0.15, 0.2) is 5.16 Å². The molecule has 0 fully saturated rings. The molecule has 0 aliphatic rings. The van der Waals surface area contributed by atoms with Crippen LogP contribution in [0.5, 0.6) is 0 Å². The standard InChI is InChI=1S/C21H19N3O3S2/c1-13-6-3-4-8-17(13)24-20(26)16-9-11-28-19(16)23-21(24)29-14(2)18(25)22-12-15-7-5-10-27-15/h3-11,14H,12H2,1-2H3,(H,22,25). The predicted molar refractivity (Wildman–Crippen MR) is 116 cm³/mol. The van der Waals surface area contributed by atoms with Gasteiger partial charge >= 0.3 is 0 Å². The Balaban J connectivity index is 1.67.